The van der Waals surface area contributed by atoms with E-state index in [0.717, 1.165) is 28.0 Å². The van der Waals surface area contributed by atoms with Gasteiger partial charge >= 0.3 is 0 Å². The van der Waals surface area contributed by atoms with Crippen LogP contribution in [0.1, 0.15) is 35.4 Å². The van der Waals surface area contributed by atoms with Gasteiger partial charge < -0.3 is 4.90 Å². The predicted molar refractivity (Wildman–Crippen MR) is 78.2 cm³/mol. The molecule has 2 heterocycles. The Kier molecular flexibility index (Phi) is 4.71. The van der Waals surface area contributed by atoms with E-state index >= 15 is 0 Å². The maximum absolute atomic E-state index is 12.1. The van der Waals surface area contributed by atoms with E-state index in [1.807, 2.05) is 11.4 Å². The van der Waals surface area contributed by atoms with E-state index < -0.39 is 0 Å². The number of carbonyl (C=O) groups is 1. The van der Waals surface area contributed by atoms with Crippen LogP contribution < -0.4 is 0 Å². The summed E-state index contributed by atoms with van der Waals surface area (Å²) < 4.78 is 1.06. The van der Waals surface area contributed by atoms with Crippen molar-refractivity contribution in [3.63, 3.8) is 0 Å². The van der Waals surface area contributed by atoms with Crippen LogP contribution >= 0.6 is 27.3 Å². The number of nitrogens with zero attached hydrogens (tertiary/aromatic N) is 3. The molecule has 2 aromatic rings. The summed E-state index contributed by atoms with van der Waals surface area (Å²) in [6, 6.07) is 2.01. The van der Waals surface area contributed by atoms with Crippen LogP contribution in [0.15, 0.2) is 15.2 Å². The van der Waals surface area contributed by atoms with Crippen LogP contribution in [0.5, 0.6) is 0 Å². The fourth-order valence-electron chi connectivity index (χ4n) is 1.68. The maximum Gasteiger partial charge on any atom is 0.293 e. The van der Waals surface area contributed by atoms with Gasteiger partial charge in [0.1, 0.15) is 5.82 Å². The Morgan fingerprint density at radius 1 is 1.58 bits per heavy atom. The maximum atomic E-state index is 12.1. The number of hydrogen-bond donors (Lipinski definition) is 1. The molecular formula is C12H15BrN4OS. The highest BCUT2D eigenvalue weighted by molar-refractivity contribution is 9.11. The van der Waals surface area contributed by atoms with Crippen LogP contribution in [-0.2, 0) is 13.0 Å². The zero-order valence-electron chi connectivity index (χ0n) is 10.8. The number of aromatic amines is 1. The molecule has 0 spiro atoms. The van der Waals surface area contributed by atoms with Crippen molar-refractivity contribution in [2.75, 3.05) is 7.05 Å². The summed E-state index contributed by atoms with van der Waals surface area (Å²) in [4.78, 5) is 18.0. The van der Waals surface area contributed by atoms with E-state index in [-0.39, 0.29) is 11.7 Å². The molecule has 0 aromatic carbocycles. The van der Waals surface area contributed by atoms with E-state index in [1.54, 1.807) is 23.3 Å². The van der Waals surface area contributed by atoms with Crippen LogP contribution in [0.4, 0.5) is 0 Å². The molecule has 1 N–H and O–H groups in total. The number of carbonyl (C=O) groups excluding carboxylic acids is 1. The van der Waals surface area contributed by atoms with E-state index in [2.05, 4.69) is 38.0 Å². The highest BCUT2D eigenvalue weighted by Gasteiger charge is 2.17. The van der Waals surface area contributed by atoms with Crippen molar-refractivity contribution < 1.29 is 4.79 Å². The van der Waals surface area contributed by atoms with E-state index in [4.69, 9.17) is 0 Å². The summed E-state index contributed by atoms with van der Waals surface area (Å²) in [6.45, 7) is 2.61. The van der Waals surface area contributed by atoms with E-state index in [0.29, 0.717) is 6.54 Å². The Morgan fingerprint density at radius 2 is 2.37 bits per heavy atom. The lowest BCUT2D eigenvalue weighted by Gasteiger charge is -2.13. The van der Waals surface area contributed by atoms with Crippen molar-refractivity contribution >= 4 is 33.2 Å². The molecule has 5 nitrogen and oxygen atoms in total. The Balaban J connectivity index is 2.01. The highest BCUT2D eigenvalue weighted by Crippen LogP contribution is 2.21. The first kappa shape index (κ1) is 14.2. The van der Waals surface area contributed by atoms with Gasteiger partial charge in [0, 0.05) is 20.0 Å². The quantitative estimate of drug-likeness (QED) is 0.908. The Labute approximate surface area is 124 Å². The molecule has 102 valence electrons. The van der Waals surface area contributed by atoms with Gasteiger partial charge in [-0.15, -0.1) is 16.4 Å². The third-order valence-electron chi connectivity index (χ3n) is 2.60. The largest absolute Gasteiger partial charge is 0.335 e. The zero-order valence-corrected chi connectivity index (χ0v) is 13.2. The number of nitrogens with one attached hydrogen (secondary N) is 1. The number of amides is 1. The van der Waals surface area contributed by atoms with Crippen molar-refractivity contribution in [3.05, 3.63) is 32.4 Å². The standard InChI is InChI=1S/C12H15BrN4OS/c1-3-4-10-14-11(16-15-10)12(18)17(2)6-8-5-9(13)19-7-8/h5,7H,3-4,6H2,1-2H3,(H,14,15,16). The normalized spacial score (nSPS) is 10.7. The molecule has 0 fully saturated rings. The smallest absolute Gasteiger partial charge is 0.293 e. The summed E-state index contributed by atoms with van der Waals surface area (Å²) in [7, 11) is 1.75. The van der Waals surface area contributed by atoms with Crippen LogP contribution in [-0.4, -0.2) is 33.0 Å². The Hall–Kier alpha value is -1.21. The Bertz CT molecular complexity index is 566. The Morgan fingerprint density at radius 3 is 3.00 bits per heavy atom. The summed E-state index contributed by atoms with van der Waals surface area (Å²) in [6.07, 6.45) is 1.78. The monoisotopic (exact) mass is 342 g/mol. The number of thiophene rings is 1. The molecule has 0 bridgehead atoms. The fourth-order valence-corrected chi connectivity index (χ4v) is 2.88. The highest BCUT2D eigenvalue weighted by atomic mass is 79.9. The van der Waals surface area contributed by atoms with Gasteiger partial charge in [0.15, 0.2) is 0 Å². The van der Waals surface area contributed by atoms with E-state index in [1.165, 1.54) is 0 Å². The average molecular weight is 343 g/mol. The van der Waals surface area contributed by atoms with Crippen molar-refractivity contribution in [2.45, 2.75) is 26.3 Å². The summed E-state index contributed by atoms with van der Waals surface area (Å²) in [5.41, 5.74) is 1.09. The van der Waals surface area contributed by atoms with Gasteiger partial charge in [0.05, 0.1) is 3.79 Å². The zero-order chi connectivity index (χ0) is 13.8. The molecule has 0 aliphatic heterocycles. The van der Waals surface area contributed by atoms with Gasteiger partial charge in [0.25, 0.3) is 5.91 Å². The number of aromatic nitrogens is 3. The van der Waals surface area contributed by atoms with E-state index in [9.17, 15) is 4.79 Å². The van der Waals surface area contributed by atoms with Gasteiger partial charge in [-0.1, -0.05) is 6.92 Å². The molecule has 0 saturated carbocycles. The van der Waals surface area contributed by atoms with Crippen LogP contribution in [0.3, 0.4) is 0 Å². The molecule has 0 aliphatic rings. The lowest BCUT2D eigenvalue weighted by molar-refractivity contribution is 0.0773. The molecule has 0 aliphatic carbocycles. The minimum absolute atomic E-state index is 0.166. The number of rotatable bonds is 5. The van der Waals surface area contributed by atoms with Gasteiger partial charge in [-0.3, -0.25) is 9.89 Å². The lowest BCUT2D eigenvalue weighted by atomic mass is 10.3. The topological polar surface area (TPSA) is 61.9 Å². The molecule has 0 unspecified atom stereocenters. The fraction of sp³-hybridized carbons (Fsp3) is 0.417. The molecule has 0 radical (unpaired) electrons. The van der Waals surface area contributed by atoms with Crippen LogP contribution in [0.25, 0.3) is 0 Å². The minimum Gasteiger partial charge on any atom is -0.335 e. The van der Waals surface area contributed by atoms with Gasteiger partial charge in [0.2, 0.25) is 5.82 Å². The molecule has 7 heteroatoms. The second-order valence-corrected chi connectivity index (χ2v) is 6.57. The molecular weight excluding hydrogens is 328 g/mol. The number of H-pyrrole nitrogens is 1. The summed E-state index contributed by atoms with van der Waals surface area (Å²) >= 11 is 5.02. The molecule has 2 aromatic heterocycles. The summed E-state index contributed by atoms with van der Waals surface area (Å²) in [5, 5.41) is 8.79. The summed E-state index contributed by atoms with van der Waals surface area (Å²) in [5.74, 6) is 0.832. The molecule has 0 saturated heterocycles. The first-order chi connectivity index (χ1) is 9.10. The first-order valence-electron chi connectivity index (χ1n) is 5.99. The average Bonchev–Trinajstić information content (AvgIpc) is 2.98. The van der Waals surface area contributed by atoms with Gasteiger partial charge in [-0.2, -0.15) is 0 Å². The number of hydrogen-bond acceptors (Lipinski definition) is 4. The second kappa shape index (κ2) is 6.29. The SMILES string of the molecule is CCCc1nc(C(=O)N(C)Cc2csc(Br)c2)n[nH]1. The van der Waals surface area contributed by atoms with Crippen LogP contribution in [0, 0.1) is 0 Å². The van der Waals surface area contributed by atoms with Gasteiger partial charge in [-0.05, 0) is 39.4 Å². The lowest BCUT2D eigenvalue weighted by Crippen LogP contribution is -2.27. The van der Waals surface area contributed by atoms with Crippen molar-refractivity contribution in [2.24, 2.45) is 0 Å². The van der Waals surface area contributed by atoms with Crippen molar-refractivity contribution in [1.29, 1.82) is 0 Å². The van der Waals surface area contributed by atoms with Crippen molar-refractivity contribution in [1.82, 2.24) is 20.1 Å². The second-order valence-electron chi connectivity index (χ2n) is 4.28. The molecule has 19 heavy (non-hydrogen) atoms. The minimum atomic E-state index is -0.166. The molecule has 1 amide bonds. The molecule has 0 atom stereocenters. The number of halogens is 1. The predicted octanol–water partition coefficient (Wildman–Crippen LogP) is 2.85. The number of aryl methyl sites for hydroxylation is 1. The van der Waals surface area contributed by atoms with Crippen molar-refractivity contribution in [3.8, 4) is 0 Å². The van der Waals surface area contributed by atoms with Crippen LogP contribution in [0.2, 0.25) is 0 Å². The van der Waals surface area contributed by atoms with Gasteiger partial charge in [-0.25, -0.2) is 4.98 Å². The molecule has 2 rings (SSSR count). The first-order valence-corrected chi connectivity index (χ1v) is 7.67. The third kappa shape index (κ3) is 3.63. The third-order valence-corrected chi connectivity index (χ3v) is 4.15.